The maximum atomic E-state index is 12.4. The topological polar surface area (TPSA) is 110 Å². The van der Waals surface area contributed by atoms with Crippen molar-refractivity contribution in [3.8, 4) is 0 Å². The van der Waals surface area contributed by atoms with E-state index >= 15 is 0 Å². The molecule has 0 spiro atoms. The van der Waals surface area contributed by atoms with Crippen molar-refractivity contribution in [2.45, 2.75) is 46.1 Å². The van der Waals surface area contributed by atoms with Crippen LogP contribution < -0.4 is 9.62 Å². The standard InChI is InChI=1S/C22H29N3O5S/c1-5-18-9-11-19(12-10-18)17(3)23-22(26)7-6-14-24(31(4,29)30)21-15-20(25(27)28)13-8-16(21)2/h8-13,15,17H,5-7,14H2,1-4H3,(H,23,26). The summed E-state index contributed by atoms with van der Waals surface area (Å²) in [6.07, 6.45) is 2.41. The summed E-state index contributed by atoms with van der Waals surface area (Å²) in [4.78, 5) is 22.9. The highest BCUT2D eigenvalue weighted by Gasteiger charge is 2.22. The van der Waals surface area contributed by atoms with Gasteiger partial charge in [-0.2, -0.15) is 0 Å². The van der Waals surface area contributed by atoms with Gasteiger partial charge in [-0.1, -0.05) is 37.3 Å². The third-order valence-electron chi connectivity index (χ3n) is 5.10. The zero-order chi connectivity index (χ0) is 23.2. The molecule has 0 radical (unpaired) electrons. The monoisotopic (exact) mass is 447 g/mol. The van der Waals surface area contributed by atoms with Crippen LogP contribution in [0.4, 0.5) is 11.4 Å². The van der Waals surface area contributed by atoms with E-state index in [0.717, 1.165) is 22.5 Å². The highest BCUT2D eigenvalue weighted by atomic mass is 32.2. The summed E-state index contributed by atoms with van der Waals surface area (Å²) in [5.41, 5.74) is 2.89. The Morgan fingerprint density at radius 2 is 1.84 bits per heavy atom. The Bertz CT molecular complexity index is 1040. The lowest BCUT2D eigenvalue weighted by Gasteiger charge is -2.24. The zero-order valence-corrected chi connectivity index (χ0v) is 19.1. The molecule has 0 aliphatic heterocycles. The molecule has 0 saturated carbocycles. The Labute approximate surface area is 183 Å². The van der Waals surface area contributed by atoms with Gasteiger partial charge >= 0.3 is 0 Å². The molecule has 0 aromatic heterocycles. The van der Waals surface area contributed by atoms with E-state index in [0.29, 0.717) is 5.56 Å². The Hall–Kier alpha value is -2.94. The number of sulfonamides is 1. The summed E-state index contributed by atoms with van der Waals surface area (Å²) in [7, 11) is -3.67. The molecular formula is C22H29N3O5S. The van der Waals surface area contributed by atoms with Crippen molar-refractivity contribution >= 4 is 27.3 Å². The van der Waals surface area contributed by atoms with Crippen LogP contribution in [0, 0.1) is 17.0 Å². The van der Waals surface area contributed by atoms with Crippen molar-refractivity contribution in [1.82, 2.24) is 5.32 Å². The van der Waals surface area contributed by atoms with E-state index in [1.165, 1.54) is 23.8 Å². The van der Waals surface area contributed by atoms with Gasteiger partial charge in [0.25, 0.3) is 5.69 Å². The minimum Gasteiger partial charge on any atom is -0.350 e. The average molecular weight is 448 g/mol. The molecule has 2 rings (SSSR count). The number of nitro groups is 1. The first-order chi connectivity index (χ1) is 14.5. The van der Waals surface area contributed by atoms with Crippen LogP contribution in [0.25, 0.3) is 0 Å². The SMILES string of the molecule is CCc1ccc(C(C)NC(=O)CCCN(c2cc([N+](=O)[O-])ccc2C)S(C)(=O)=O)cc1. The highest BCUT2D eigenvalue weighted by Crippen LogP contribution is 2.27. The maximum Gasteiger partial charge on any atom is 0.271 e. The average Bonchev–Trinajstić information content (AvgIpc) is 2.71. The summed E-state index contributed by atoms with van der Waals surface area (Å²) in [5, 5.41) is 14.0. The van der Waals surface area contributed by atoms with E-state index in [9.17, 15) is 23.3 Å². The van der Waals surface area contributed by atoms with Gasteiger partial charge in [-0.25, -0.2) is 8.42 Å². The molecule has 2 aromatic carbocycles. The number of carbonyl (C=O) groups is 1. The maximum absolute atomic E-state index is 12.4. The second kappa shape index (κ2) is 10.4. The van der Waals surface area contributed by atoms with Gasteiger partial charge in [0, 0.05) is 25.1 Å². The number of nitrogens with one attached hydrogen (secondary N) is 1. The molecule has 1 unspecified atom stereocenters. The van der Waals surface area contributed by atoms with Gasteiger partial charge in [-0.15, -0.1) is 0 Å². The van der Waals surface area contributed by atoms with Gasteiger partial charge in [0.2, 0.25) is 15.9 Å². The van der Waals surface area contributed by atoms with Gasteiger partial charge in [-0.3, -0.25) is 19.2 Å². The molecule has 31 heavy (non-hydrogen) atoms. The Morgan fingerprint density at radius 1 is 1.19 bits per heavy atom. The minimum atomic E-state index is -3.67. The van der Waals surface area contributed by atoms with Crippen molar-refractivity contribution in [3.05, 3.63) is 69.3 Å². The number of hydrogen-bond donors (Lipinski definition) is 1. The van der Waals surface area contributed by atoms with Gasteiger partial charge in [-0.05, 0) is 43.4 Å². The fourth-order valence-electron chi connectivity index (χ4n) is 3.27. The van der Waals surface area contributed by atoms with Crippen LogP contribution in [0.3, 0.4) is 0 Å². The molecule has 0 aliphatic carbocycles. The first kappa shape index (κ1) is 24.3. The van der Waals surface area contributed by atoms with E-state index in [-0.39, 0.29) is 42.7 Å². The van der Waals surface area contributed by atoms with E-state index < -0.39 is 14.9 Å². The first-order valence-corrected chi connectivity index (χ1v) is 12.0. The van der Waals surface area contributed by atoms with Crippen molar-refractivity contribution in [1.29, 1.82) is 0 Å². The van der Waals surface area contributed by atoms with Crippen LogP contribution in [0.1, 0.15) is 49.4 Å². The molecule has 1 N–H and O–H groups in total. The molecule has 168 valence electrons. The molecule has 2 aromatic rings. The molecule has 1 atom stereocenters. The van der Waals surface area contributed by atoms with E-state index in [2.05, 4.69) is 12.2 Å². The number of rotatable bonds is 10. The number of anilines is 1. The summed E-state index contributed by atoms with van der Waals surface area (Å²) >= 11 is 0. The summed E-state index contributed by atoms with van der Waals surface area (Å²) in [5.74, 6) is -0.184. The molecule has 0 bridgehead atoms. The predicted octanol–water partition coefficient (Wildman–Crippen LogP) is 3.89. The van der Waals surface area contributed by atoms with Crippen LogP contribution >= 0.6 is 0 Å². The van der Waals surface area contributed by atoms with Crippen LogP contribution in [-0.2, 0) is 21.2 Å². The lowest BCUT2D eigenvalue weighted by Crippen LogP contribution is -2.33. The summed E-state index contributed by atoms with van der Waals surface area (Å²) in [6, 6.07) is 12.0. The minimum absolute atomic E-state index is 0.0494. The van der Waals surface area contributed by atoms with Gasteiger partial charge in [0.05, 0.1) is 22.9 Å². The predicted molar refractivity (Wildman–Crippen MR) is 122 cm³/mol. The fraction of sp³-hybridized carbons (Fsp3) is 0.409. The normalized spacial score (nSPS) is 12.3. The third-order valence-corrected chi connectivity index (χ3v) is 6.28. The molecule has 0 fully saturated rings. The number of nitro benzene ring substituents is 1. The Morgan fingerprint density at radius 3 is 2.39 bits per heavy atom. The largest absolute Gasteiger partial charge is 0.350 e. The number of aryl methyl sites for hydroxylation is 2. The highest BCUT2D eigenvalue weighted by molar-refractivity contribution is 7.92. The van der Waals surface area contributed by atoms with Gasteiger partial charge < -0.3 is 5.32 Å². The Balaban J connectivity index is 2.02. The molecule has 0 aliphatic rings. The van der Waals surface area contributed by atoms with Gasteiger partial charge in [0.1, 0.15) is 0 Å². The van der Waals surface area contributed by atoms with Crippen LogP contribution in [0.15, 0.2) is 42.5 Å². The lowest BCUT2D eigenvalue weighted by atomic mass is 10.0. The van der Waals surface area contributed by atoms with Crippen molar-refractivity contribution in [2.75, 3.05) is 17.1 Å². The van der Waals surface area contributed by atoms with Crippen LogP contribution in [0.5, 0.6) is 0 Å². The van der Waals surface area contributed by atoms with E-state index in [1.807, 2.05) is 31.2 Å². The molecular weight excluding hydrogens is 418 g/mol. The zero-order valence-electron chi connectivity index (χ0n) is 18.3. The second-order valence-electron chi connectivity index (χ2n) is 7.55. The number of benzene rings is 2. The molecule has 9 heteroatoms. The number of hydrogen-bond acceptors (Lipinski definition) is 5. The summed E-state index contributed by atoms with van der Waals surface area (Å²) in [6.45, 7) is 5.71. The van der Waals surface area contributed by atoms with Crippen molar-refractivity contribution in [3.63, 3.8) is 0 Å². The third kappa shape index (κ3) is 6.78. The first-order valence-electron chi connectivity index (χ1n) is 10.1. The van der Waals surface area contributed by atoms with Crippen LogP contribution in [0.2, 0.25) is 0 Å². The second-order valence-corrected chi connectivity index (χ2v) is 9.46. The fourth-order valence-corrected chi connectivity index (χ4v) is 4.28. The quantitative estimate of drug-likeness (QED) is 0.439. The molecule has 0 saturated heterocycles. The van der Waals surface area contributed by atoms with Crippen molar-refractivity contribution in [2.24, 2.45) is 0 Å². The van der Waals surface area contributed by atoms with E-state index in [1.54, 1.807) is 6.92 Å². The number of carbonyl (C=O) groups excluding carboxylic acids is 1. The number of amides is 1. The number of nitrogens with zero attached hydrogens (tertiary/aromatic N) is 2. The molecule has 8 nitrogen and oxygen atoms in total. The van der Waals surface area contributed by atoms with Gasteiger partial charge in [0.15, 0.2) is 0 Å². The molecule has 0 heterocycles. The molecule has 1 amide bonds. The number of non-ortho nitro benzene ring substituents is 1. The lowest BCUT2D eigenvalue weighted by molar-refractivity contribution is -0.384. The summed E-state index contributed by atoms with van der Waals surface area (Å²) < 4.78 is 25.7. The smallest absolute Gasteiger partial charge is 0.271 e. The van der Waals surface area contributed by atoms with Crippen LogP contribution in [-0.4, -0.2) is 32.0 Å². The van der Waals surface area contributed by atoms with Crippen molar-refractivity contribution < 1.29 is 18.1 Å². The van der Waals surface area contributed by atoms with E-state index in [4.69, 9.17) is 0 Å². The Kier molecular flexibility index (Phi) is 8.15.